The molecule has 3 atom stereocenters. The minimum absolute atomic E-state index is 0.572. The summed E-state index contributed by atoms with van der Waals surface area (Å²) >= 11 is 0. The van der Waals surface area contributed by atoms with Crippen molar-refractivity contribution in [2.75, 3.05) is 13.2 Å². The van der Waals surface area contributed by atoms with Crippen molar-refractivity contribution in [1.29, 1.82) is 0 Å². The van der Waals surface area contributed by atoms with E-state index in [1.54, 1.807) is 0 Å². The van der Waals surface area contributed by atoms with E-state index in [9.17, 15) is 0 Å². The van der Waals surface area contributed by atoms with Gasteiger partial charge < -0.3 is 10.1 Å². The van der Waals surface area contributed by atoms with Crippen LogP contribution in [0.3, 0.4) is 0 Å². The molecular formula is C17H33NO. The van der Waals surface area contributed by atoms with Gasteiger partial charge in [-0.3, -0.25) is 0 Å². The molecule has 0 heterocycles. The lowest BCUT2D eigenvalue weighted by atomic mass is 9.80. The van der Waals surface area contributed by atoms with Crippen LogP contribution in [0.1, 0.15) is 71.6 Å². The zero-order chi connectivity index (χ0) is 13.5. The molecule has 1 N–H and O–H groups in total. The van der Waals surface area contributed by atoms with Gasteiger partial charge in [0.15, 0.2) is 0 Å². The Balaban J connectivity index is 1.51. The van der Waals surface area contributed by atoms with Crippen molar-refractivity contribution in [1.82, 2.24) is 5.32 Å². The van der Waals surface area contributed by atoms with Gasteiger partial charge in [-0.1, -0.05) is 39.5 Å². The fourth-order valence-electron chi connectivity index (χ4n) is 3.66. The minimum Gasteiger partial charge on any atom is -0.378 e. The molecule has 0 bridgehead atoms. The lowest BCUT2D eigenvalue weighted by molar-refractivity contribution is 0.0267. The molecule has 0 amide bonds. The highest BCUT2D eigenvalue weighted by Crippen LogP contribution is 2.28. The quantitative estimate of drug-likeness (QED) is 0.730. The third-order valence-electron chi connectivity index (χ3n) is 5.09. The van der Waals surface area contributed by atoms with Crippen molar-refractivity contribution in [3.8, 4) is 0 Å². The molecule has 2 saturated carbocycles. The molecule has 0 radical (unpaired) electrons. The largest absolute Gasteiger partial charge is 0.378 e. The molecule has 19 heavy (non-hydrogen) atoms. The lowest BCUT2D eigenvalue weighted by Crippen LogP contribution is -2.40. The predicted molar refractivity (Wildman–Crippen MR) is 81.4 cm³/mol. The highest BCUT2D eigenvalue weighted by atomic mass is 16.5. The van der Waals surface area contributed by atoms with Gasteiger partial charge >= 0.3 is 0 Å². The van der Waals surface area contributed by atoms with Crippen LogP contribution in [0, 0.1) is 11.8 Å². The Morgan fingerprint density at radius 3 is 2.58 bits per heavy atom. The standard InChI is InChI=1S/C17H33NO/c1-14-9-10-15(2)17(13-14)18-11-6-12-19-16-7-4-3-5-8-16/h14-18H,3-13H2,1-2H3. The first-order valence-electron chi connectivity index (χ1n) is 8.60. The molecule has 0 spiro atoms. The summed E-state index contributed by atoms with van der Waals surface area (Å²) in [4.78, 5) is 0. The first-order valence-corrected chi connectivity index (χ1v) is 8.60. The van der Waals surface area contributed by atoms with Gasteiger partial charge in [-0.25, -0.2) is 0 Å². The predicted octanol–water partition coefficient (Wildman–Crippen LogP) is 4.14. The summed E-state index contributed by atoms with van der Waals surface area (Å²) < 4.78 is 5.98. The van der Waals surface area contributed by atoms with Crippen LogP contribution in [0.15, 0.2) is 0 Å². The van der Waals surface area contributed by atoms with Crippen molar-refractivity contribution >= 4 is 0 Å². The van der Waals surface area contributed by atoms with Crippen molar-refractivity contribution in [3.05, 3.63) is 0 Å². The lowest BCUT2D eigenvalue weighted by Gasteiger charge is -2.33. The topological polar surface area (TPSA) is 21.3 Å². The first kappa shape index (κ1) is 15.3. The molecule has 2 heteroatoms. The van der Waals surface area contributed by atoms with E-state index in [0.717, 1.165) is 31.0 Å². The fourth-order valence-corrected chi connectivity index (χ4v) is 3.66. The van der Waals surface area contributed by atoms with E-state index in [-0.39, 0.29) is 0 Å². The summed E-state index contributed by atoms with van der Waals surface area (Å²) in [7, 11) is 0. The maximum absolute atomic E-state index is 5.98. The maximum Gasteiger partial charge on any atom is 0.0575 e. The molecule has 0 aromatic rings. The van der Waals surface area contributed by atoms with Gasteiger partial charge in [-0.15, -0.1) is 0 Å². The summed E-state index contributed by atoms with van der Waals surface area (Å²) in [5.41, 5.74) is 0. The number of rotatable bonds is 6. The highest BCUT2D eigenvalue weighted by molar-refractivity contribution is 4.81. The van der Waals surface area contributed by atoms with Gasteiger partial charge in [0.05, 0.1) is 6.10 Å². The molecule has 0 aromatic heterocycles. The normalized spacial score (nSPS) is 33.5. The van der Waals surface area contributed by atoms with Crippen molar-refractivity contribution in [3.63, 3.8) is 0 Å². The number of hydrogen-bond donors (Lipinski definition) is 1. The van der Waals surface area contributed by atoms with E-state index >= 15 is 0 Å². The Morgan fingerprint density at radius 2 is 1.79 bits per heavy atom. The third kappa shape index (κ3) is 5.43. The summed E-state index contributed by atoms with van der Waals surface area (Å²) in [6, 6.07) is 0.749. The van der Waals surface area contributed by atoms with Gasteiger partial charge in [-0.2, -0.15) is 0 Å². The number of nitrogens with one attached hydrogen (secondary N) is 1. The van der Waals surface area contributed by atoms with E-state index in [0.29, 0.717) is 6.10 Å². The Labute approximate surface area is 119 Å². The molecule has 0 aromatic carbocycles. The van der Waals surface area contributed by atoms with Gasteiger partial charge in [0, 0.05) is 12.6 Å². The number of ether oxygens (including phenoxy) is 1. The molecule has 2 aliphatic carbocycles. The monoisotopic (exact) mass is 267 g/mol. The summed E-state index contributed by atoms with van der Waals surface area (Å²) in [5.74, 6) is 1.77. The molecule has 0 aliphatic heterocycles. The average molecular weight is 267 g/mol. The number of hydrogen-bond acceptors (Lipinski definition) is 2. The second kappa shape index (κ2) is 8.26. The molecule has 0 saturated heterocycles. The van der Waals surface area contributed by atoms with E-state index < -0.39 is 0 Å². The minimum atomic E-state index is 0.572. The van der Waals surface area contributed by atoms with Crippen LogP contribution in [-0.4, -0.2) is 25.3 Å². The summed E-state index contributed by atoms with van der Waals surface area (Å²) in [6.07, 6.45) is 12.7. The molecule has 2 aliphatic rings. The second-order valence-electron chi connectivity index (χ2n) is 6.94. The molecule has 112 valence electrons. The van der Waals surface area contributed by atoms with Crippen LogP contribution in [0.2, 0.25) is 0 Å². The van der Waals surface area contributed by atoms with Crippen LogP contribution >= 0.6 is 0 Å². The molecule has 2 rings (SSSR count). The van der Waals surface area contributed by atoms with Gasteiger partial charge in [0.25, 0.3) is 0 Å². The van der Waals surface area contributed by atoms with Crippen molar-refractivity contribution in [2.24, 2.45) is 11.8 Å². The van der Waals surface area contributed by atoms with E-state index in [4.69, 9.17) is 4.74 Å². The molecule has 3 unspecified atom stereocenters. The summed E-state index contributed by atoms with van der Waals surface area (Å²) in [6.45, 7) is 6.89. The van der Waals surface area contributed by atoms with E-state index in [1.165, 1.54) is 57.8 Å². The zero-order valence-corrected chi connectivity index (χ0v) is 13.0. The zero-order valence-electron chi connectivity index (χ0n) is 13.0. The Morgan fingerprint density at radius 1 is 1.00 bits per heavy atom. The fraction of sp³-hybridized carbons (Fsp3) is 1.00. The van der Waals surface area contributed by atoms with Gasteiger partial charge in [-0.05, 0) is 50.5 Å². The maximum atomic E-state index is 5.98. The van der Waals surface area contributed by atoms with Crippen LogP contribution in [0.5, 0.6) is 0 Å². The Bertz CT molecular complexity index is 237. The molecule has 2 nitrogen and oxygen atoms in total. The van der Waals surface area contributed by atoms with Gasteiger partial charge in [0.1, 0.15) is 0 Å². The van der Waals surface area contributed by atoms with Gasteiger partial charge in [0.2, 0.25) is 0 Å². The Hall–Kier alpha value is -0.0800. The molecule has 2 fully saturated rings. The van der Waals surface area contributed by atoms with Crippen LogP contribution in [0.4, 0.5) is 0 Å². The molecular weight excluding hydrogens is 234 g/mol. The smallest absolute Gasteiger partial charge is 0.0575 e. The summed E-state index contributed by atoms with van der Waals surface area (Å²) in [5, 5.41) is 3.76. The highest BCUT2D eigenvalue weighted by Gasteiger charge is 2.24. The van der Waals surface area contributed by atoms with Crippen molar-refractivity contribution < 1.29 is 4.74 Å². The van der Waals surface area contributed by atoms with Crippen LogP contribution < -0.4 is 5.32 Å². The van der Waals surface area contributed by atoms with Crippen molar-refractivity contribution in [2.45, 2.75) is 83.8 Å². The van der Waals surface area contributed by atoms with E-state index in [1.807, 2.05) is 0 Å². The van der Waals surface area contributed by atoms with E-state index in [2.05, 4.69) is 19.2 Å². The SMILES string of the molecule is CC1CCC(C)C(NCCCOC2CCCCC2)C1. The Kier molecular flexibility index (Phi) is 6.66. The second-order valence-corrected chi connectivity index (χ2v) is 6.94. The average Bonchev–Trinajstić information content (AvgIpc) is 2.43. The third-order valence-corrected chi connectivity index (χ3v) is 5.09. The van der Waals surface area contributed by atoms with Crippen LogP contribution in [-0.2, 0) is 4.74 Å². The first-order chi connectivity index (χ1) is 9.25. The van der Waals surface area contributed by atoms with Crippen LogP contribution in [0.25, 0.3) is 0 Å².